The second-order valence-electron chi connectivity index (χ2n) is 3.92. The van der Waals surface area contributed by atoms with Crippen LogP contribution in [0.5, 0.6) is 0 Å². The molecular weight excluding hydrogens is 216 g/mol. The molecule has 17 heavy (non-hydrogen) atoms. The van der Waals surface area contributed by atoms with Gasteiger partial charge in [0.2, 0.25) is 0 Å². The molecule has 0 radical (unpaired) electrons. The van der Waals surface area contributed by atoms with E-state index in [1.807, 2.05) is 24.3 Å². The molecule has 2 rings (SSSR count). The van der Waals surface area contributed by atoms with Gasteiger partial charge in [-0.05, 0) is 17.2 Å². The number of hydrogen-bond acceptors (Lipinski definition) is 3. The number of aromatic nitrogens is 1. The summed E-state index contributed by atoms with van der Waals surface area (Å²) in [5.74, 6) is 0. The van der Waals surface area contributed by atoms with Crippen LogP contribution in [0, 0.1) is 0 Å². The zero-order valence-electron chi connectivity index (χ0n) is 9.55. The van der Waals surface area contributed by atoms with E-state index in [1.54, 1.807) is 19.3 Å². The summed E-state index contributed by atoms with van der Waals surface area (Å²) in [6, 6.07) is 9.12. The van der Waals surface area contributed by atoms with E-state index in [4.69, 9.17) is 5.73 Å². The average molecular weight is 230 g/mol. The highest BCUT2D eigenvalue weighted by Crippen LogP contribution is 2.23. The molecule has 0 saturated carbocycles. The van der Waals surface area contributed by atoms with Crippen molar-refractivity contribution in [1.82, 2.24) is 4.57 Å². The second-order valence-corrected chi connectivity index (χ2v) is 3.92. The Hall–Kier alpha value is -2.07. The Kier molecular flexibility index (Phi) is 2.97. The van der Waals surface area contributed by atoms with E-state index in [-0.39, 0.29) is 17.9 Å². The van der Waals surface area contributed by atoms with Gasteiger partial charge in [-0.1, -0.05) is 24.3 Å². The van der Waals surface area contributed by atoms with Gasteiger partial charge in [0.25, 0.3) is 5.56 Å². The quantitative estimate of drug-likeness (QED) is 0.812. The maximum absolute atomic E-state index is 11.5. The highest BCUT2D eigenvalue weighted by atomic mass is 16.3. The molecule has 0 saturated heterocycles. The summed E-state index contributed by atoms with van der Waals surface area (Å²) in [6.45, 7) is -0.0427. The smallest absolute Gasteiger partial charge is 0.273 e. The standard InChI is InChI=1S/C13H14N2O2/c1-15-7-10(6-12(14)13(15)17)11-5-3-2-4-9(11)8-16/h2-7,16H,8,14H2,1H3. The zero-order valence-corrected chi connectivity index (χ0v) is 9.55. The number of aliphatic hydroxyl groups excluding tert-OH is 1. The largest absolute Gasteiger partial charge is 0.394 e. The lowest BCUT2D eigenvalue weighted by Crippen LogP contribution is -2.19. The molecule has 4 heteroatoms. The fourth-order valence-electron chi connectivity index (χ4n) is 1.82. The predicted octanol–water partition coefficient (Wildman–Crippen LogP) is 1.13. The predicted molar refractivity (Wildman–Crippen MR) is 67.5 cm³/mol. The Morgan fingerprint density at radius 1 is 1.35 bits per heavy atom. The van der Waals surface area contributed by atoms with Gasteiger partial charge in [-0.25, -0.2) is 0 Å². The first-order chi connectivity index (χ1) is 8.13. The van der Waals surface area contributed by atoms with Crippen LogP contribution >= 0.6 is 0 Å². The maximum Gasteiger partial charge on any atom is 0.273 e. The van der Waals surface area contributed by atoms with Gasteiger partial charge in [0, 0.05) is 18.8 Å². The molecule has 0 spiro atoms. The molecule has 0 atom stereocenters. The van der Waals surface area contributed by atoms with Crippen LogP contribution in [0.3, 0.4) is 0 Å². The summed E-state index contributed by atoms with van der Waals surface area (Å²) < 4.78 is 1.44. The van der Waals surface area contributed by atoms with Crippen molar-refractivity contribution in [3.63, 3.8) is 0 Å². The van der Waals surface area contributed by atoms with Gasteiger partial charge in [0.05, 0.1) is 12.3 Å². The topological polar surface area (TPSA) is 68.2 Å². The Labute approximate surface area is 98.9 Å². The molecular formula is C13H14N2O2. The minimum Gasteiger partial charge on any atom is -0.394 e. The molecule has 3 N–H and O–H groups in total. The SMILES string of the molecule is Cn1cc(-c2ccccc2CO)cc(N)c1=O. The first-order valence-electron chi connectivity index (χ1n) is 5.28. The molecule has 0 aliphatic heterocycles. The molecule has 1 heterocycles. The average Bonchev–Trinajstić information content (AvgIpc) is 2.35. The number of rotatable bonds is 2. The number of aryl methyl sites for hydroxylation is 1. The molecule has 0 unspecified atom stereocenters. The lowest BCUT2D eigenvalue weighted by molar-refractivity contribution is 0.282. The van der Waals surface area contributed by atoms with Gasteiger partial charge >= 0.3 is 0 Å². The van der Waals surface area contributed by atoms with Crippen molar-refractivity contribution >= 4 is 5.69 Å². The molecule has 0 aliphatic rings. The van der Waals surface area contributed by atoms with Crippen LogP contribution in [0.25, 0.3) is 11.1 Å². The molecule has 0 amide bonds. The van der Waals surface area contributed by atoms with E-state index >= 15 is 0 Å². The van der Waals surface area contributed by atoms with Crippen molar-refractivity contribution < 1.29 is 5.11 Å². The fourth-order valence-corrected chi connectivity index (χ4v) is 1.82. The molecule has 1 aromatic heterocycles. The number of benzene rings is 1. The van der Waals surface area contributed by atoms with Crippen LogP contribution < -0.4 is 11.3 Å². The van der Waals surface area contributed by atoms with Crippen LogP contribution in [-0.4, -0.2) is 9.67 Å². The maximum atomic E-state index is 11.5. The van der Waals surface area contributed by atoms with Crippen molar-refractivity contribution in [2.45, 2.75) is 6.61 Å². The van der Waals surface area contributed by atoms with Gasteiger partial charge in [0.15, 0.2) is 0 Å². The van der Waals surface area contributed by atoms with Gasteiger partial charge in [-0.2, -0.15) is 0 Å². The molecule has 0 aliphatic carbocycles. The third-order valence-electron chi connectivity index (χ3n) is 2.71. The van der Waals surface area contributed by atoms with Crippen molar-refractivity contribution in [3.8, 4) is 11.1 Å². The Balaban J connectivity index is 2.65. The highest BCUT2D eigenvalue weighted by molar-refractivity contribution is 5.69. The molecule has 4 nitrogen and oxygen atoms in total. The Morgan fingerprint density at radius 3 is 2.71 bits per heavy atom. The Bertz CT molecular complexity index is 576. The molecule has 0 fully saturated rings. The van der Waals surface area contributed by atoms with Crippen molar-refractivity contribution in [3.05, 3.63) is 52.4 Å². The summed E-state index contributed by atoms with van der Waals surface area (Å²) in [5, 5.41) is 9.27. The monoisotopic (exact) mass is 230 g/mol. The van der Waals surface area contributed by atoms with E-state index in [1.165, 1.54) is 4.57 Å². The van der Waals surface area contributed by atoms with Crippen molar-refractivity contribution in [2.24, 2.45) is 7.05 Å². The summed E-state index contributed by atoms with van der Waals surface area (Å²) in [4.78, 5) is 11.5. The summed E-state index contributed by atoms with van der Waals surface area (Å²) in [5.41, 5.74) is 8.17. The van der Waals surface area contributed by atoms with Gasteiger partial charge in [-0.3, -0.25) is 4.79 Å². The number of aliphatic hydroxyl groups is 1. The van der Waals surface area contributed by atoms with E-state index in [2.05, 4.69) is 0 Å². The number of hydrogen-bond donors (Lipinski definition) is 2. The highest BCUT2D eigenvalue weighted by Gasteiger charge is 2.07. The van der Waals surface area contributed by atoms with Gasteiger partial charge in [0.1, 0.15) is 0 Å². The summed E-state index contributed by atoms with van der Waals surface area (Å²) in [7, 11) is 1.66. The number of nitrogens with zero attached hydrogens (tertiary/aromatic N) is 1. The fraction of sp³-hybridized carbons (Fsp3) is 0.154. The van der Waals surface area contributed by atoms with Crippen LogP contribution in [0.15, 0.2) is 41.3 Å². The minimum absolute atomic E-state index is 0.0427. The number of nitrogen functional groups attached to an aromatic ring is 1. The van der Waals surface area contributed by atoms with Crippen molar-refractivity contribution in [1.29, 1.82) is 0 Å². The summed E-state index contributed by atoms with van der Waals surface area (Å²) in [6.07, 6.45) is 1.72. The van der Waals surface area contributed by atoms with Crippen LogP contribution in [-0.2, 0) is 13.7 Å². The van der Waals surface area contributed by atoms with Crippen LogP contribution in [0.1, 0.15) is 5.56 Å². The minimum atomic E-state index is -0.213. The lowest BCUT2D eigenvalue weighted by atomic mass is 10.0. The van der Waals surface area contributed by atoms with Crippen LogP contribution in [0.2, 0.25) is 0 Å². The van der Waals surface area contributed by atoms with Gasteiger partial charge < -0.3 is 15.4 Å². The zero-order chi connectivity index (χ0) is 12.4. The molecule has 0 bridgehead atoms. The number of pyridine rings is 1. The first kappa shape index (κ1) is 11.4. The second kappa shape index (κ2) is 4.43. The molecule has 1 aromatic carbocycles. The van der Waals surface area contributed by atoms with E-state index in [0.717, 1.165) is 16.7 Å². The Morgan fingerprint density at radius 2 is 2.06 bits per heavy atom. The summed E-state index contributed by atoms with van der Waals surface area (Å²) >= 11 is 0. The van der Waals surface area contributed by atoms with Crippen molar-refractivity contribution in [2.75, 3.05) is 5.73 Å². The van der Waals surface area contributed by atoms with E-state index in [0.29, 0.717) is 0 Å². The normalized spacial score (nSPS) is 10.5. The first-order valence-corrected chi connectivity index (χ1v) is 5.28. The third-order valence-corrected chi connectivity index (χ3v) is 2.71. The molecule has 2 aromatic rings. The number of nitrogens with two attached hydrogens (primary N) is 1. The van der Waals surface area contributed by atoms with E-state index < -0.39 is 0 Å². The third kappa shape index (κ3) is 2.07. The molecule has 88 valence electrons. The lowest BCUT2D eigenvalue weighted by Gasteiger charge is -2.09. The van der Waals surface area contributed by atoms with E-state index in [9.17, 15) is 9.90 Å². The van der Waals surface area contributed by atoms with Gasteiger partial charge in [-0.15, -0.1) is 0 Å². The number of anilines is 1. The van der Waals surface area contributed by atoms with Crippen LogP contribution in [0.4, 0.5) is 5.69 Å².